The van der Waals surface area contributed by atoms with Gasteiger partial charge in [0.25, 0.3) is 0 Å². The Balaban J connectivity index is 2.24. The smallest absolute Gasteiger partial charge is 0.338 e. The molecular weight excluding hydrogens is 200 g/mol. The van der Waals surface area contributed by atoms with Crippen LogP contribution in [0.5, 0.6) is 0 Å². The molecule has 0 radical (unpaired) electrons. The average molecular weight is 216 g/mol. The zero-order valence-electron chi connectivity index (χ0n) is 9.53. The lowest BCUT2D eigenvalue weighted by Crippen LogP contribution is -2.05. The van der Waals surface area contributed by atoms with E-state index in [9.17, 15) is 4.79 Å². The summed E-state index contributed by atoms with van der Waals surface area (Å²) in [7, 11) is 0. The molecule has 2 nitrogen and oxygen atoms in total. The third-order valence-electron chi connectivity index (χ3n) is 1.97. The van der Waals surface area contributed by atoms with Gasteiger partial charge in [0.2, 0.25) is 0 Å². The van der Waals surface area contributed by atoms with Crippen molar-refractivity contribution in [1.29, 1.82) is 0 Å². The Morgan fingerprint density at radius 2 is 1.88 bits per heavy atom. The highest BCUT2D eigenvalue weighted by molar-refractivity contribution is 5.89. The fourth-order valence-corrected chi connectivity index (χ4v) is 1.15. The number of carbonyl (C=O) groups excluding carboxylic acids is 1. The van der Waals surface area contributed by atoms with Crippen LogP contribution in [0.15, 0.2) is 30.3 Å². The van der Waals surface area contributed by atoms with Crippen LogP contribution in [0.2, 0.25) is 0 Å². The van der Waals surface area contributed by atoms with Crippen molar-refractivity contribution in [2.75, 3.05) is 6.61 Å². The fourth-order valence-electron chi connectivity index (χ4n) is 1.15. The highest BCUT2D eigenvalue weighted by Crippen LogP contribution is 2.01. The van der Waals surface area contributed by atoms with Crippen LogP contribution in [0, 0.1) is 11.8 Å². The Bertz CT molecular complexity index is 371. The van der Waals surface area contributed by atoms with Gasteiger partial charge >= 0.3 is 5.97 Å². The number of benzene rings is 1. The molecule has 0 N–H and O–H groups in total. The van der Waals surface area contributed by atoms with Crippen molar-refractivity contribution >= 4 is 5.97 Å². The van der Waals surface area contributed by atoms with Crippen molar-refractivity contribution < 1.29 is 9.53 Å². The summed E-state index contributed by atoms with van der Waals surface area (Å²) >= 11 is 0. The fraction of sp³-hybridized carbons (Fsp3) is 0.357. The lowest BCUT2D eigenvalue weighted by Gasteiger charge is -2.01. The van der Waals surface area contributed by atoms with E-state index < -0.39 is 0 Å². The summed E-state index contributed by atoms with van der Waals surface area (Å²) in [4.78, 5) is 11.5. The SMILES string of the molecule is CCCC#CCCOC(=O)c1ccccc1. The van der Waals surface area contributed by atoms with Gasteiger partial charge in [0.05, 0.1) is 5.56 Å². The van der Waals surface area contributed by atoms with Gasteiger partial charge < -0.3 is 4.74 Å². The minimum atomic E-state index is -0.280. The predicted molar refractivity (Wildman–Crippen MR) is 64.0 cm³/mol. The molecule has 0 aromatic heterocycles. The minimum Gasteiger partial charge on any atom is -0.461 e. The maximum atomic E-state index is 11.5. The van der Waals surface area contributed by atoms with Crippen LogP contribution in [-0.2, 0) is 4.74 Å². The van der Waals surface area contributed by atoms with Gasteiger partial charge in [0.15, 0.2) is 0 Å². The van der Waals surface area contributed by atoms with Gasteiger partial charge in [0, 0.05) is 12.8 Å². The molecule has 84 valence electrons. The number of esters is 1. The lowest BCUT2D eigenvalue weighted by atomic mass is 10.2. The second-order valence-corrected chi connectivity index (χ2v) is 3.36. The highest BCUT2D eigenvalue weighted by Gasteiger charge is 2.03. The Morgan fingerprint density at radius 1 is 1.19 bits per heavy atom. The predicted octanol–water partition coefficient (Wildman–Crippen LogP) is 3.04. The normalized spacial score (nSPS) is 9.06. The number of ether oxygens (including phenoxy) is 1. The van der Waals surface area contributed by atoms with Crippen LogP contribution in [0.3, 0.4) is 0 Å². The molecule has 0 bridgehead atoms. The summed E-state index contributed by atoms with van der Waals surface area (Å²) in [5, 5.41) is 0. The third-order valence-corrected chi connectivity index (χ3v) is 1.97. The summed E-state index contributed by atoms with van der Waals surface area (Å²) in [5.74, 6) is 5.69. The van der Waals surface area contributed by atoms with Crippen LogP contribution in [0.4, 0.5) is 0 Å². The topological polar surface area (TPSA) is 26.3 Å². The van der Waals surface area contributed by atoms with Gasteiger partial charge in [-0.1, -0.05) is 31.0 Å². The monoisotopic (exact) mass is 216 g/mol. The molecule has 0 fully saturated rings. The second kappa shape index (κ2) is 7.53. The van der Waals surface area contributed by atoms with E-state index in [4.69, 9.17) is 4.74 Å². The van der Waals surface area contributed by atoms with Gasteiger partial charge in [-0.2, -0.15) is 0 Å². The Morgan fingerprint density at radius 3 is 2.56 bits per heavy atom. The first-order chi connectivity index (χ1) is 7.84. The molecule has 1 rings (SSSR count). The molecule has 0 unspecified atom stereocenters. The number of hydrogen-bond acceptors (Lipinski definition) is 2. The zero-order chi connectivity index (χ0) is 11.6. The summed E-state index contributed by atoms with van der Waals surface area (Å²) in [6.45, 7) is 2.45. The van der Waals surface area contributed by atoms with E-state index >= 15 is 0 Å². The van der Waals surface area contributed by atoms with Gasteiger partial charge in [-0.05, 0) is 18.6 Å². The maximum absolute atomic E-state index is 11.5. The Labute approximate surface area is 96.6 Å². The first-order valence-electron chi connectivity index (χ1n) is 5.52. The number of unbranched alkanes of at least 4 members (excludes halogenated alkanes) is 1. The van der Waals surface area contributed by atoms with Crippen LogP contribution in [0.25, 0.3) is 0 Å². The van der Waals surface area contributed by atoms with E-state index in [0.29, 0.717) is 18.6 Å². The van der Waals surface area contributed by atoms with Crippen LogP contribution >= 0.6 is 0 Å². The van der Waals surface area contributed by atoms with Crippen molar-refractivity contribution in [1.82, 2.24) is 0 Å². The molecule has 0 aliphatic rings. The van der Waals surface area contributed by atoms with E-state index in [1.165, 1.54) is 0 Å². The largest absolute Gasteiger partial charge is 0.461 e. The molecule has 0 atom stereocenters. The van der Waals surface area contributed by atoms with E-state index in [1.807, 2.05) is 18.2 Å². The molecule has 2 heteroatoms. The van der Waals surface area contributed by atoms with E-state index in [2.05, 4.69) is 18.8 Å². The molecule has 0 amide bonds. The number of carbonyl (C=O) groups is 1. The molecule has 0 saturated heterocycles. The average Bonchev–Trinajstić information content (AvgIpc) is 2.34. The summed E-state index contributed by atoms with van der Waals surface area (Å²) in [6.07, 6.45) is 2.59. The Hall–Kier alpha value is -1.75. The summed E-state index contributed by atoms with van der Waals surface area (Å²) in [5.41, 5.74) is 0.587. The molecule has 0 spiro atoms. The third kappa shape index (κ3) is 4.65. The standard InChI is InChI=1S/C14H16O2/c1-2-3-4-5-9-12-16-14(15)13-10-7-6-8-11-13/h6-8,10-11H,2-3,9,12H2,1H3. The molecule has 1 aromatic carbocycles. The molecule has 16 heavy (non-hydrogen) atoms. The quantitative estimate of drug-likeness (QED) is 0.439. The first kappa shape index (κ1) is 12.3. The molecule has 0 aliphatic carbocycles. The van der Waals surface area contributed by atoms with Crippen LogP contribution in [0.1, 0.15) is 36.5 Å². The van der Waals surface area contributed by atoms with Gasteiger partial charge in [-0.3, -0.25) is 0 Å². The van der Waals surface area contributed by atoms with Crippen LogP contribution < -0.4 is 0 Å². The van der Waals surface area contributed by atoms with E-state index in [1.54, 1.807) is 12.1 Å². The second-order valence-electron chi connectivity index (χ2n) is 3.36. The zero-order valence-corrected chi connectivity index (χ0v) is 9.53. The minimum absolute atomic E-state index is 0.280. The molecule has 0 aliphatic heterocycles. The van der Waals surface area contributed by atoms with Gasteiger partial charge in [0.1, 0.15) is 6.61 Å². The number of rotatable bonds is 4. The van der Waals surface area contributed by atoms with Crippen molar-refractivity contribution in [3.63, 3.8) is 0 Å². The maximum Gasteiger partial charge on any atom is 0.338 e. The number of hydrogen-bond donors (Lipinski definition) is 0. The van der Waals surface area contributed by atoms with Crippen molar-refractivity contribution in [2.45, 2.75) is 26.2 Å². The Kier molecular flexibility index (Phi) is 5.80. The van der Waals surface area contributed by atoms with Crippen molar-refractivity contribution in [2.24, 2.45) is 0 Å². The molecule has 1 aromatic rings. The van der Waals surface area contributed by atoms with Crippen molar-refractivity contribution in [3.05, 3.63) is 35.9 Å². The molecule has 0 heterocycles. The van der Waals surface area contributed by atoms with Gasteiger partial charge in [-0.25, -0.2) is 4.79 Å². The molecule has 0 saturated carbocycles. The lowest BCUT2D eigenvalue weighted by molar-refractivity contribution is 0.0513. The summed E-state index contributed by atoms with van der Waals surface area (Å²) < 4.78 is 5.07. The summed E-state index contributed by atoms with van der Waals surface area (Å²) in [6, 6.07) is 8.98. The van der Waals surface area contributed by atoms with Crippen molar-refractivity contribution in [3.8, 4) is 11.8 Å². The van der Waals surface area contributed by atoms with Gasteiger partial charge in [-0.15, -0.1) is 5.92 Å². The van der Waals surface area contributed by atoms with E-state index in [-0.39, 0.29) is 5.97 Å². The molecular formula is C14H16O2. The first-order valence-corrected chi connectivity index (χ1v) is 5.52. The highest BCUT2D eigenvalue weighted by atomic mass is 16.5. The van der Waals surface area contributed by atoms with Crippen LogP contribution in [-0.4, -0.2) is 12.6 Å². The van der Waals surface area contributed by atoms with E-state index in [0.717, 1.165) is 12.8 Å².